The third kappa shape index (κ3) is 2.46. The number of anilines is 1. The van der Waals surface area contributed by atoms with Gasteiger partial charge in [-0.05, 0) is 23.8 Å². The molecule has 0 atom stereocenters. The lowest BCUT2D eigenvalue weighted by Crippen LogP contribution is -1.90. The zero-order valence-electron chi connectivity index (χ0n) is 9.08. The Morgan fingerprint density at radius 3 is 2.41 bits per heavy atom. The monoisotopic (exact) mass is 268 g/mol. The average Bonchev–Trinajstić information content (AvgIpc) is 2.28. The molecule has 1 aromatic heterocycles. The summed E-state index contributed by atoms with van der Waals surface area (Å²) in [6.07, 6.45) is 1.64. The van der Waals surface area contributed by atoms with E-state index in [0.717, 1.165) is 11.1 Å². The second-order valence-electron chi connectivity index (χ2n) is 3.45. The van der Waals surface area contributed by atoms with E-state index in [1.165, 1.54) is 0 Å². The van der Waals surface area contributed by atoms with Gasteiger partial charge in [-0.25, -0.2) is 4.98 Å². The van der Waals surface area contributed by atoms with Gasteiger partial charge < -0.3 is 10.5 Å². The Morgan fingerprint density at radius 2 is 1.82 bits per heavy atom. The van der Waals surface area contributed by atoms with Crippen molar-refractivity contribution in [3.05, 3.63) is 40.5 Å². The van der Waals surface area contributed by atoms with E-state index in [1.54, 1.807) is 31.5 Å². The molecule has 0 bridgehead atoms. The van der Waals surface area contributed by atoms with E-state index in [-0.39, 0.29) is 0 Å². The maximum atomic E-state index is 6.14. The molecule has 17 heavy (non-hydrogen) atoms. The Balaban J connectivity index is 2.60. The summed E-state index contributed by atoms with van der Waals surface area (Å²) in [4.78, 5) is 4.03. The fraction of sp³-hybridized carbons (Fsp3) is 0.0833. The zero-order chi connectivity index (χ0) is 12.4. The zero-order valence-corrected chi connectivity index (χ0v) is 10.6. The number of methoxy groups -OCH3 is 1. The molecule has 2 rings (SSSR count). The van der Waals surface area contributed by atoms with Gasteiger partial charge in [-0.1, -0.05) is 23.2 Å². The number of hydrogen-bond donors (Lipinski definition) is 1. The van der Waals surface area contributed by atoms with E-state index in [0.29, 0.717) is 21.6 Å². The first-order chi connectivity index (χ1) is 8.11. The molecule has 88 valence electrons. The molecular weight excluding hydrogens is 259 g/mol. The molecule has 0 aliphatic carbocycles. The van der Waals surface area contributed by atoms with Gasteiger partial charge in [0.1, 0.15) is 0 Å². The van der Waals surface area contributed by atoms with Crippen molar-refractivity contribution in [2.45, 2.75) is 0 Å². The van der Waals surface area contributed by atoms with E-state index in [9.17, 15) is 0 Å². The number of halogens is 2. The van der Waals surface area contributed by atoms with Gasteiger partial charge in [0.15, 0.2) is 0 Å². The van der Waals surface area contributed by atoms with Crippen LogP contribution in [0.5, 0.6) is 5.88 Å². The van der Waals surface area contributed by atoms with Crippen molar-refractivity contribution in [2.75, 3.05) is 12.8 Å². The van der Waals surface area contributed by atoms with Crippen LogP contribution in [-0.4, -0.2) is 12.1 Å². The van der Waals surface area contributed by atoms with Crippen molar-refractivity contribution < 1.29 is 4.74 Å². The van der Waals surface area contributed by atoms with Crippen LogP contribution in [0.4, 0.5) is 5.69 Å². The fourth-order valence-electron chi connectivity index (χ4n) is 1.55. The Bertz CT molecular complexity index is 535. The molecule has 0 saturated heterocycles. The first kappa shape index (κ1) is 12.0. The summed E-state index contributed by atoms with van der Waals surface area (Å²) < 4.78 is 5.06. The minimum absolute atomic E-state index is 0.503. The number of nitrogen functional groups attached to an aromatic ring is 1. The summed E-state index contributed by atoms with van der Waals surface area (Å²) in [6.45, 7) is 0. The Labute approximate surface area is 109 Å². The second kappa shape index (κ2) is 4.82. The first-order valence-corrected chi connectivity index (χ1v) is 5.62. The van der Waals surface area contributed by atoms with Gasteiger partial charge in [-0.3, -0.25) is 0 Å². The van der Waals surface area contributed by atoms with E-state index in [4.69, 9.17) is 33.7 Å². The van der Waals surface area contributed by atoms with Crippen molar-refractivity contribution in [3.63, 3.8) is 0 Å². The summed E-state index contributed by atoms with van der Waals surface area (Å²) in [6, 6.07) is 6.90. The number of nitrogens with zero attached hydrogens (tertiary/aromatic N) is 1. The van der Waals surface area contributed by atoms with Crippen molar-refractivity contribution >= 4 is 28.9 Å². The molecule has 1 aromatic carbocycles. The number of benzene rings is 1. The number of hydrogen-bond acceptors (Lipinski definition) is 3. The average molecular weight is 269 g/mol. The van der Waals surface area contributed by atoms with Crippen LogP contribution in [0, 0.1) is 0 Å². The van der Waals surface area contributed by atoms with Gasteiger partial charge >= 0.3 is 0 Å². The van der Waals surface area contributed by atoms with E-state index in [2.05, 4.69) is 4.98 Å². The molecule has 5 heteroatoms. The van der Waals surface area contributed by atoms with Crippen molar-refractivity contribution in [3.8, 4) is 17.0 Å². The van der Waals surface area contributed by atoms with Gasteiger partial charge in [0.25, 0.3) is 0 Å². The predicted molar refractivity (Wildman–Crippen MR) is 70.7 cm³/mol. The topological polar surface area (TPSA) is 48.1 Å². The molecule has 0 saturated carbocycles. The van der Waals surface area contributed by atoms with Crippen molar-refractivity contribution in [1.82, 2.24) is 4.98 Å². The standard InChI is InChI=1S/C12H10Cl2N2O/c1-17-11-4-7(2-3-16-11)12-9(13)5-8(15)6-10(12)14/h2-6H,15H2,1H3. The van der Waals surface area contributed by atoms with Gasteiger partial charge in [-0.2, -0.15) is 0 Å². The molecule has 0 unspecified atom stereocenters. The molecule has 0 amide bonds. The summed E-state index contributed by atoms with van der Waals surface area (Å²) in [5, 5.41) is 1.01. The van der Waals surface area contributed by atoms with Crippen LogP contribution in [0.3, 0.4) is 0 Å². The molecule has 0 radical (unpaired) electrons. The van der Waals surface area contributed by atoms with Crippen LogP contribution in [0.2, 0.25) is 10.0 Å². The third-order valence-electron chi connectivity index (χ3n) is 2.30. The summed E-state index contributed by atoms with van der Waals surface area (Å²) in [7, 11) is 1.55. The Kier molecular flexibility index (Phi) is 3.41. The fourth-order valence-corrected chi connectivity index (χ4v) is 2.27. The van der Waals surface area contributed by atoms with E-state index in [1.807, 2.05) is 6.07 Å². The number of rotatable bonds is 2. The van der Waals surface area contributed by atoms with Crippen LogP contribution in [0.1, 0.15) is 0 Å². The number of nitrogens with two attached hydrogens (primary N) is 1. The van der Waals surface area contributed by atoms with Gasteiger partial charge in [0.2, 0.25) is 5.88 Å². The quantitative estimate of drug-likeness (QED) is 0.846. The summed E-state index contributed by atoms with van der Waals surface area (Å²) in [5.41, 5.74) is 7.75. The molecule has 1 heterocycles. The molecule has 2 N–H and O–H groups in total. The smallest absolute Gasteiger partial charge is 0.213 e. The number of aromatic nitrogens is 1. The molecule has 0 fully saturated rings. The van der Waals surface area contributed by atoms with Crippen LogP contribution in [0.15, 0.2) is 30.5 Å². The third-order valence-corrected chi connectivity index (χ3v) is 2.89. The molecule has 0 aliphatic heterocycles. The van der Waals surface area contributed by atoms with Crippen molar-refractivity contribution in [1.29, 1.82) is 0 Å². The van der Waals surface area contributed by atoms with E-state index < -0.39 is 0 Å². The second-order valence-corrected chi connectivity index (χ2v) is 4.26. The predicted octanol–water partition coefficient (Wildman–Crippen LogP) is 3.65. The largest absolute Gasteiger partial charge is 0.481 e. The van der Waals surface area contributed by atoms with Gasteiger partial charge in [0, 0.05) is 23.5 Å². The van der Waals surface area contributed by atoms with Crippen LogP contribution < -0.4 is 10.5 Å². The Morgan fingerprint density at radius 1 is 1.18 bits per heavy atom. The first-order valence-electron chi connectivity index (χ1n) is 4.86. The lowest BCUT2D eigenvalue weighted by atomic mass is 10.1. The summed E-state index contributed by atoms with van der Waals surface area (Å²) >= 11 is 12.3. The van der Waals surface area contributed by atoms with Crippen LogP contribution in [0.25, 0.3) is 11.1 Å². The molecule has 2 aromatic rings. The molecule has 0 aliphatic rings. The highest BCUT2D eigenvalue weighted by atomic mass is 35.5. The minimum Gasteiger partial charge on any atom is -0.481 e. The van der Waals surface area contributed by atoms with Crippen molar-refractivity contribution in [2.24, 2.45) is 0 Å². The highest BCUT2D eigenvalue weighted by Gasteiger charge is 2.10. The van der Waals surface area contributed by atoms with Crippen LogP contribution >= 0.6 is 23.2 Å². The maximum Gasteiger partial charge on any atom is 0.213 e. The lowest BCUT2D eigenvalue weighted by Gasteiger charge is -2.09. The minimum atomic E-state index is 0.503. The SMILES string of the molecule is COc1cc(-c2c(Cl)cc(N)cc2Cl)ccn1. The summed E-state index contributed by atoms with van der Waals surface area (Å²) in [5.74, 6) is 0.506. The highest BCUT2D eigenvalue weighted by molar-refractivity contribution is 6.39. The lowest BCUT2D eigenvalue weighted by molar-refractivity contribution is 0.398. The molecular formula is C12H10Cl2N2O. The maximum absolute atomic E-state index is 6.14. The molecule has 0 spiro atoms. The number of ether oxygens (including phenoxy) is 1. The van der Waals surface area contributed by atoms with Gasteiger partial charge in [0.05, 0.1) is 17.2 Å². The normalized spacial score (nSPS) is 10.3. The highest BCUT2D eigenvalue weighted by Crippen LogP contribution is 2.37. The van der Waals surface area contributed by atoms with Crippen LogP contribution in [-0.2, 0) is 0 Å². The van der Waals surface area contributed by atoms with E-state index >= 15 is 0 Å². The Hall–Kier alpha value is -1.45. The number of pyridine rings is 1. The van der Waals surface area contributed by atoms with Gasteiger partial charge in [-0.15, -0.1) is 0 Å². The molecule has 3 nitrogen and oxygen atoms in total.